The molecule has 0 aromatic heterocycles. The summed E-state index contributed by atoms with van der Waals surface area (Å²) in [5, 5.41) is 3.61. The molecule has 0 fully saturated rings. The number of benzene rings is 1. The minimum atomic E-state index is -0.808. The summed E-state index contributed by atoms with van der Waals surface area (Å²) in [7, 11) is -0.808. The zero-order valence-corrected chi connectivity index (χ0v) is 13.8. The fraction of sp³-hybridized carbons (Fsp3) is 0.625. The van der Waals surface area contributed by atoms with Crippen molar-refractivity contribution in [2.75, 3.05) is 18.9 Å². The Morgan fingerprint density at radius 3 is 2.35 bits per heavy atom. The third-order valence-electron chi connectivity index (χ3n) is 3.06. The summed E-state index contributed by atoms with van der Waals surface area (Å²) in [5.74, 6) is 1.55. The molecule has 0 radical (unpaired) electrons. The van der Waals surface area contributed by atoms with E-state index in [1.54, 1.807) is 0 Å². The van der Waals surface area contributed by atoms with E-state index in [0.717, 1.165) is 25.3 Å². The predicted molar refractivity (Wildman–Crippen MR) is 86.8 cm³/mol. The van der Waals surface area contributed by atoms with E-state index >= 15 is 0 Å². The molecule has 1 rings (SSSR count). The summed E-state index contributed by atoms with van der Waals surface area (Å²) in [6.45, 7) is 9.78. The number of hydrogen-bond donors (Lipinski definition) is 1. The van der Waals surface area contributed by atoms with Crippen molar-refractivity contribution in [2.24, 2.45) is 0 Å². The Bertz CT molecular complexity index is 403. The molecule has 0 aliphatic rings. The lowest BCUT2D eigenvalue weighted by atomic mass is 10.1. The van der Waals surface area contributed by atoms with Gasteiger partial charge in [0.25, 0.3) is 0 Å². The summed E-state index contributed by atoms with van der Waals surface area (Å²) in [5.41, 5.74) is 1.17. The largest absolute Gasteiger partial charge is 0.494 e. The van der Waals surface area contributed by atoms with E-state index in [4.69, 9.17) is 4.74 Å². The van der Waals surface area contributed by atoms with Gasteiger partial charge < -0.3 is 10.1 Å². The van der Waals surface area contributed by atoms with Crippen LogP contribution in [0, 0.1) is 0 Å². The first kappa shape index (κ1) is 17.2. The van der Waals surface area contributed by atoms with Crippen molar-refractivity contribution in [1.29, 1.82) is 0 Å². The van der Waals surface area contributed by atoms with E-state index in [2.05, 4.69) is 31.3 Å². The lowest BCUT2D eigenvalue weighted by Gasteiger charge is -2.19. The molecule has 0 bridgehead atoms. The first-order valence-electron chi connectivity index (χ1n) is 7.41. The topological polar surface area (TPSA) is 38.3 Å². The average molecular weight is 297 g/mol. The van der Waals surface area contributed by atoms with Crippen LogP contribution in [0.3, 0.4) is 0 Å². The van der Waals surface area contributed by atoms with Gasteiger partial charge in [0.2, 0.25) is 0 Å². The van der Waals surface area contributed by atoms with E-state index in [0.29, 0.717) is 5.75 Å². The van der Waals surface area contributed by atoms with Gasteiger partial charge in [0.15, 0.2) is 0 Å². The summed E-state index contributed by atoms with van der Waals surface area (Å²) in [6, 6.07) is 8.26. The molecule has 1 aromatic rings. The molecule has 0 saturated carbocycles. The zero-order valence-electron chi connectivity index (χ0n) is 13.0. The Kier molecular flexibility index (Phi) is 7.85. The second-order valence-corrected chi connectivity index (χ2v) is 7.16. The van der Waals surface area contributed by atoms with Crippen molar-refractivity contribution in [2.45, 2.75) is 45.4 Å². The van der Waals surface area contributed by atoms with Crippen molar-refractivity contribution in [3.05, 3.63) is 29.8 Å². The van der Waals surface area contributed by atoms with Crippen LogP contribution in [-0.2, 0) is 10.8 Å². The van der Waals surface area contributed by atoms with Gasteiger partial charge in [-0.25, -0.2) is 0 Å². The first-order valence-corrected chi connectivity index (χ1v) is 8.80. The minimum Gasteiger partial charge on any atom is -0.494 e. The first-order chi connectivity index (χ1) is 9.58. The van der Waals surface area contributed by atoms with Crippen LogP contribution in [0.5, 0.6) is 5.75 Å². The Hall–Kier alpha value is -0.870. The highest BCUT2D eigenvalue weighted by Crippen LogP contribution is 2.19. The van der Waals surface area contributed by atoms with Crippen LogP contribution in [-0.4, -0.2) is 28.4 Å². The van der Waals surface area contributed by atoms with Crippen LogP contribution in [0.1, 0.15) is 45.7 Å². The predicted octanol–water partition coefficient (Wildman–Crippen LogP) is 3.28. The average Bonchev–Trinajstić information content (AvgIpc) is 2.45. The van der Waals surface area contributed by atoms with Crippen molar-refractivity contribution in [1.82, 2.24) is 5.32 Å². The van der Waals surface area contributed by atoms with Crippen LogP contribution in [0.25, 0.3) is 0 Å². The third kappa shape index (κ3) is 5.63. The second-order valence-electron chi connectivity index (χ2n) is 5.12. The van der Waals surface area contributed by atoms with Gasteiger partial charge in [0.1, 0.15) is 5.75 Å². The van der Waals surface area contributed by atoms with E-state index < -0.39 is 10.8 Å². The van der Waals surface area contributed by atoms with Crippen LogP contribution >= 0.6 is 0 Å². The SMILES string of the molecule is CCCOc1ccc(C(CS(=O)C(C)C)NCC)cc1. The van der Waals surface area contributed by atoms with E-state index in [1.165, 1.54) is 5.56 Å². The molecule has 1 aromatic carbocycles. The van der Waals surface area contributed by atoms with Gasteiger partial charge in [-0.15, -0.1) is 0 Å². The van der Waals surface area contributed by atoms with Gasteiger partial charge in [-0.05, 0) is 30.7 Å². The molecule has 4 heteroatoms. The molecule has 114 valence electrons. The number of rotatable bonds is 9. The molecule has 20 heavy (non-hydrogen) atoms. The quantitative estimate of drug-likeness (QED) is 0.760. The van der Waals surface area contributed by atoms with E-state index in [-0.39, 0.29) is 11.3 Å². The fourth-order valence-electron chi connectivity index (χ4n) is 1.89. The Labute approximate surface area is 125 Å². The maximum atomic E-state index is 12.1. The highest BCUT2D eigenvalue weighted by molar-refractivity contribution is 7.85. The molecule has 3 nitrogen and oxygen atoms in total. The molecule has 2 unspecified atom stereocenters. The molecule has 0 aliphatic carbocycles. The number of hydrogen-bond acceptors (Lipinski definition) is 3. The second kappa shape index (κ2) is 9.14. The molecule has 0 spiro atoms. The highest BCUT2D eigenvalue weighted by Gasteiger charge is 2.16. The monoisotopic (exact) mass is 297 g/mol. The van der Waals surface area contributed by atoms with Gasteiger partial charge in [-0.3, -0.25) is 4.21 Å². The molecule has 0 amide bonds. The molecule has 0 saturated heterocycles. The van der Waals surface area contributed by atoms with Crippen molar-refractivity contribution in [3.63, 3.8) is 0 Å². The molecule has 1 N–H and O–H groups in total. The standard InChI is InChI=1S/C16H27NO2S/c1-5-11-19-15-9-7-14(8-10-15)16(17-6-2)12-20(18)13(3)4/h7-10,13,16-17H,5-6,11-12H2,1-4H3. The maximum absolute atomic E-state index is 12.1. The highest BCUT2D eigenvalue weighted by atomic mass is 32.2. The lowest BCUT2D eigenvalue weighted by Crippen LogP contribution is -2.28. The van der Waals surface area contributed by atoms with Crippen LogP contribution < -0.4 is 10.1 Å². The number of nitrogens with one attached hydrogen (secondary N) is 1. The van der Waals surface area contributed by atoms with Crippen LogP contribution in [0.4, 0.5) is 0 Å². The van der Waals surface area contributed by atoms with Gasteiger partial charge in [-0.1, -0.05) is 39.8 Å². The smallest absolute Gasteiger partial charge is 0.119 e. The van der Waals surface area contributed by atoms with Gasteiger partial charge in [-0.2, -0.15) is 0 Å². The molecular formula is C16H27NO2S. The summed E-state index contributed by atoms with van der Waals surface area (Å²) in [4.78, 5) is 0. The Morgan fingerprint density at radius 1 is 1.20 bits per heavy atom. The molecular weight excluding hydrogens is 270 g/mol. The van der Waals surface area contributed by atoms with E-state index in [9.17, 15) is 4.21 Å². The van der Waals surface area contributed by atoms with Crippen LogP contribution in [0.2, 0.25) is 0 Å². The third-order valence-corrected chi connectivity index (χ3v) is 4.78. The Morgan fingerprint density at radius 2 is 1.85 bits per heavy atom. The summed E-state index contributed by atoms with van der Waals surface area (Å²) in [6.07, 6.45) is 1.01. The molecule has 0 heterocycles. The van der Waals surface area contributed by atoms with Crippen molar-refractivity contribution < 1.29 is 8.95 Å². The summed E-state index contributed by atoms with van der Waals surface area (Å²) >= 11 is 0. The molecule has 0 aliphatic heterocycles. The van der Waals surface area contributed by atoms with Gasteiger partial charge in [0.05, 0.1) is 6.61 Å². The Balaban J connectivity index is 2.73. The van der Waals surface area contributed by atoms with Gasteiger partial charge >= 0.3 is 0 Å². The summed E-state index contributed by atoms with van der Waals surface area (Å²) < 4.78 is 17.6. The van der Waals surface area contributed by atoms with E-state index in [1.807, 2.05) is 26.0 Å². The zero-order chi connectivity index (χ0) is 15.0. The number of ether oxygens (including phenoxy) is 1. The van der Waals surface area contributed by atoms with Gasteiger partial charge in [0, 0.05) is 27.8 Å². The van der Waals surface area contributed by atoms with Crippen molar-refractivity contribution in [3.8, 4) is 5.75 Å². The normalized spacial score (nSPS) is 14.2. The van der Waals surface area contributed by atoms with Crippen LogP contribution in [0.15, 0.2) is 24.3 Å². The minimum absolute atomic E-state index is 0.142. The lowest BCUT2D eigenvalue weighted by molar-refractivity contribution is 0.317. The fourth-order valence-corrected chi connectivity index (χ4v) is 2.92. The van der Waals surface area contributed by atoms with Crippen molar-refractivity contribution >= 4 is 10.8 Å². The molecule has 2 atom stereocenters. The maximum Gasteiger partial charge on any atom is 0.119 e.